The molecule has 1 heterocycles. The SMILES string of the molecule is C=C(N/C=C/CCC(C)C1=CC(N=O)=C(C(=C)CC)C(=C)O1)OC. The number of ether oxygens (including phenoxy) is 2. The van der Waals surface area contributed by atoms with Crippen LogP contribution in [0.1, 0.15) is 33.1 Å². The Morgan fingerprint density at radius 2 is 2.21 bits per heavy atom. The number of allylic oxidation sites excluding steroid dienone is 4. The van der Waals surface area contributed by atoms with E-state index in [9.17, 15) is 4.91 Å². The summed E-state index contributed by atoms with van der Waals surface area (Å²) < 4.78 is 10.7. The zero-order chi connectivity index (χ0) is 18.1. The lowest BCUT2D eigenvalue weighted by Crippen LogP contribution is -2.11. The highest BCUT2D eigenvalue weighted by atomic mass is 16.5. The van der Waals surface area contributed by atoms with Gasteiger partial charge < -0.3 is 14.8 Å². The number of nitroso groups, excluding NO2 is 1. The Labute approximate surface area is 144 Å². The van der Waals surface area contributed by atoms with Gasteiger partial charge in [-0.3, -0.25) is 0 Å². The maximum atomic E-state index is 11.2. The van der Waals surface area contributed by atoms with Crippen molar-refractivity contribution < 1.29 is 9.47 Å². The van der Waals surface area contributed by atoms with Crippen LogP contribution >= 0.6 is 0 Å². The Hall–Kier alpha value is -2.56. The third kappa shape index (κ3) is 5.26. The van der Waals surface area contributed by atoms with E-state index >= 15 is 0 Å². The Morgan fingerprint density at radius 1 is 1.50 bits per heavy atom. The molecule has 0 aromatic carbocycles. The molecular weight excluding hydrogens is 304 g/mol. The molecule has 1 atom stereocenters. The molecule has 130 valence electrons. The van der Waals surface area contributed by atoms with Crippen LogP contribution in [0.4, 0.5) is 0 Å². The molecule has 0 amide bonds. The third-order valence-electron chi connectivity index (χ3n) is 3.79. The standard InChI is InChI=1S/C19H26N2O3/c1-7-13(2)19-15(4)24-18(12-17(19)21-22)14(3)10-8-9-11-20-16(5)23-6/h9,11-12,14,20H,2,4-5,7-8,10H2,1,3,6H3/b11-9+. The average molecular weight is 330 g/mol. The van der Waals surface area contributed by atoms with Crippen molar-refractivity contribution in [2.24, 2.45) is 11.1 Å². The van der Waals surface area contributed by atoms with Crippen LogP contribution in [0.25, 0.3) is 0 Å². The second-order valence-corrected chi connectivity index (χ2v) is 5.53. The molecule has 0 aromatic rings. The summed E-state index contributed by atoms with van der Waals surface area (Å²) in [5, 5.41) is 6.03. The molecule has 1 unspecified atom stereocenters. The minimum absolute atomic E-state index is 0.130. The Bertz CT molecular complexity index is 612. The highest BCUT2D eigenvalue weighted by molar-refractivity contribution is 5.51. The molecule has 0 radical (unpaired) electrons. The average Bonchev–Trinajstić information content (AvgIpc) is 2.59. The van der Waals surface area contributed by atoms with Gasteiger partial charge in [-0.05, 0) is 42.8 Å². The van der Waals surface area contributed by atoms with Crippen LogP contribution in [-0.4, -0.2) is 7.11 Å². The van der Waals surface area contributed by atoms with E-state index < -0.39 is 0 Å². The molecule has 0 aliphatic carbocycles. The third-order valence-corrected chi connectivity index (χ3v) is 3.79. The largest absolute Gasteiger partial charge is 0.483 e. The lowest BCUT2D eigenvalue weighted by Gasteiger charge is -2.24. The van der Waals surface area contributed by atoms with Crippen molar-refractivity contribution >= 4 is 0 Å². The van der Waals surface area contributed by atoms with E-state index in [1.54, 1.807) is 19.4 Å². The normalized spacial score (nSPS) is 15.6. The number of rotatable bonds is 10. The molecule has 1 aliphatic heterocycles. The van der Waals surface area contributed by atoms with Gasteiger partial charge in [0.15, 0.2) is 5.88 Å². The summed E-state index contributed by atoms with van der Waals surface area (Å²) in [7, 11) is 1.55. The topological polar surface area (TPSA) is 59.9 Å². The van der Waals surface area contributed by atoms with E-state index in [1.807, 2.05) is 19.9 Å². The summed E-state index contributed by atoms with van der Waals surface area (Å²) in [6.45, 7) is 15.5. The first-order chi connectivity index (χ1) is 11.4. The van der Waals surface area contributed by atoms with Gasteiger partial charge in [0.05, 0.1) is 7.11 Å². The lowest BCUT2D eigenvalue weighted by atomic mass is 9.96. The summed E-state index contributed by atoms with van der Waals surface area (Å²) in [5.41, 5.74) is 1.75. The lowest BCUT2D eigenvalue weighted by molar-refractivity contribution is 0.259. The first-order valence-electron chi connectivity index (χ1n) is 7.93. The van der Waals surface area contributed by atoms with Gasteiger partial charge in [-0.1, -0.05) is 33.1 Å². The Kier molecular flexibility index (Phi) is 7.75. The molecule has 0 bridgehead atoms. The van der Waals surface area contributed by atoms with Crippen molar-refractivity contribution in [1.29, 1.82) is 0 Å². The van der Waals surface area contributed by atoms with Crippen LogP contribution in [0.5, 0.6) is 0 Å². The highest BCUT2D eigenvalue weighted by Gasteiger charge is 2.23. The van der Waals surface area contributed by atoms with Gasteiger partial charge in [0, 0.05) is 17.6 Å². The first-order valence-corrected chi connectivity index (χ1v) is 7.93. The first kappa shape index (κ1) is 19.5. The van der Waals surface area contributed by atoms with Crippen molar-refractivity contribution in [1.82, 2.24) is 5.32 Å². The zero-order valence-electron chi connectivity index (χ0n) is 14.7. The van der Waals surface area contributed by atoms with Crippen LogP contribution in [0.15, 0.2) is 77.5 Å². The van der Waals surface area contributed by atoms with E-state index in [0.29, 0.717) is 35.1 Å². The minimum Gasteiger partial charge on any atom is -0.483 e. The van der Waals surface area contributed by atoms with E-state index in [0.717, 1.165) is 18.4 Å². The molecule has 1 N–H and O–H groups in total. The molecular formula is C19H26N2O3. The van der Waals surface area contributed by atoms with Crippen LogP contribution in [0.3, 0.4) is 0 Å². The number of nitrogens with one attached hydrogen (secondary N) is 1. The summed E-state index contributed by atoms with van der Waals surface area (Å²) in [6, 6.07) is 0. The van der Waals surface area contributed by atoms with E-state index in [4.69, 9.17) is 9.47 Å². The maximum absolute atomic E-state index is 11.2. The molecule has 24 heavy (non-hydrogen) atoms. The predicted molar refractivity (Wildman–Crippen MR) is 97.4 cm³/mol. The molecule has 0 saturated carbocycles. The van der Waals surface area contributed by atoms with Gasteiger partial charge in [-0.2, -0.15) is 0 Å². The smallest absolute Gasteiger partial charge is 0.182 e. The molecule has 5 heteroatoms. The molecule has 1 aliphatic rings. The Morgan fingerprint density at radius 3 is 2.79 bits per heavy atom. The van der Waals surface area contributed by atoms with E-state index in [2.05, 4.69) is 30.2 Å². The highest BCUT2D eigenvalue weighted by Crippen LogP contribution is 2.35. The number of hydrogen-bond acceptors (Lipinski definition) is 5. The van der Waals surface area contributed by atoms with Crippen LogP contribution in [-0.2, 0) is 9.47 Å². The van der Waals surface area contributed by atoms with Crippen LogP contribution in [0.2, 0.25) is 0 Å². The second-order valence-electron chi connectivity index (χ2n) is 5.53. The Balaban J connectivity index is 2.73. The van der Waals surface area contributed by atoms with E-state index in [-0.39, 0.29) is 5.92 Å². The fourth-order valence-corrected chi connectivity index (χ4v) is 2.23. The molecule has 0 aromatic heterocycles. The van der Waals surface area contributed by atoms with Crippen molar-refractivity contribution in [3.63, 3.8) is 0 Å². The van der Waals surface area contributed by atoms with Gasteiger partial charge in [-0.15, -0.1) is 4.91 Å². The molecule has 5 nitrogen and oxygen atoms in total. The quantitative estimate of drug-likeness (QED) is 0.450. The molecule has 0 fully saturated rings. The number of hydrogen-bond donors (Lipinski definition) is 1. The van der Waals surface area contributed by atoms with Crippen molar-refractivity contribution in [2.45, 2.75) is 33.1 Å². The summed E-state index contributed by atoms with van der Waals surface area (Å²) in [6.07, 6.45) is 7.86. The van der Waals surface area contributed by atoms with Gasteiger partial charge in [0.25, 0.3) is 0 Å². The van der Waals surface area contributed by atoms with Gasteiger partial charge in [0.2, 0.25) is 0 Å². The summed E-state index contributed by atoms with van der Waals surface area (Å²) in [5.74, 6) is 1.76. The fourth-order valence-electron chi connectivity index (χ4n) is 2.23. The van der Waals surface area contributed by atoms with Gasteiger partial charge in [-0.25, -0.2) is 0 Å². The summed E-state index contributed by atoms with van der Waals surface area (Å²) in [4.78, 5) is 11.2. The molecule has 0 spiro atoms. The monoisotopic (exact) mass is 330 g/mol. The second kappa shape index (κ2) is 9.55. The van der Waals surface area contributed by atoms with Crippen molar-refractivity contribution in [2.75, 3.05) is 7.11 Å². The van der Waals surface area contributed by atoms with Crippen molar-refractivity contribution in [3.8, 4) is 0 Å². The van der Waals surface area contributed by atoms with Gasteiger partial charge in [0.1, 0.15) is 17.2 Å². The molecule has 0 saturated heterocycles. The molecule has 1 rings (SSSR count). The maximum Gasteiger partial charge on any atom is 0.182 e. The zero-order valence-corrected chi connectivity index (χ0v) is 14.7. The van der Waals surface area contributed by atoms with Gasteiger partial charge >= 0.3 is 0 Å². The number of methoxy groups -OCH3 is 1. The van der Waals surface area contributed by atoms with Crippen LogP contribution in [0, 0.1) is 10.8 Å². The predicted octanol–water partition coefficient (Wildman–Crippen LogP) is 5.04. The van der Waals surface area contributed by atoms with Crippen LogP contribution < -0.4 is 5.32 Å². The van der Waals surface area contributed by atoms with Crippen molar-refractivity contribution in [3.05, 3.63) is 77.2 Å². The minimum atomic E-state index is 0.130. The fraction of sp³-hybridized carbons (Fsp3) is 0.368. The number of nitrogens with zero attached hydrogens (tertiary/aromatic N) is 1. The summed E-state index contributed by atoms with van der Waals surface area (Å²) >= 11 is 0. The van der Waals surface area contributed by atoms with E-state index in [1.165, 1.54) is 0 Å².